The maximum atomic E-state index is 4.06. The summed E-state index contributed by atoms with van der Waals surface area (Å²) in [5.41, 5.74) is 1.16. The average molecular weight is 297 g/mol. The molecule has 1 saturated carbocycles. The van der Waals surface area contributed by atoms with E-state index in [-0.39, 0.29) is 0 Å². The van der Waals surface area contributed by atoms with Crippen molar-refractivity contribution in [3.05, 3.63) is 22.9 Å². The van der Waals surface area contributed by atoms with Gasteiger partial charge in [-0.05, 0) is 40.3 Å². The number of pyridine rings is 1. The van der Waals surface area contributed by atoms with E-state index in [1.807, 2.05) is 18.5 Å². The highest BCUT2D eigenvalue weighted by Crippen LogP contribution is 2.30. The molecular weight excluding hydrogens is 276 g/mol. The standard InChI is InChI=1S/C14H21BrN2/c1-11-2-4-12(5-3-11)6-9-17-14-7-8-16-10-13(14)15/h7-8,10-12H,2-6,9H2,1H3,(H,16,17). The van der Waals surface area contributed by atoms with Gasteiger partial charge >= 0.3 is 0 Å². The van der Waals surface area contributed by atoms with E-state index in [4.69, 9.17) is 0 Å². The summed E-state index contributed by atoms with van der Waals surface area (Å²) in [5, 5.41) is 3.48. The number of halogens is 1. The minimum absolute atomic E-state index is 0.930. The number of hydrogen-bond donors (Lipinski definition) is 1. The topological polar surface area (TPSA) is 24.9 Å². The molecule has 17 heavy (non-hydrogen) atoms. The Bertz CT molecular complexity index is 346. The first-order valence-corrected chi connectivity index (χ1v) is 7.38. The molecule has 3 heteroatoms. The SMILES string of the molecule is CC1CCC(CCNc2ccncc2Br)CC1. The zero-order valence-electron chi connectivity index (χ0n) is 10.5. The molecule has 1 fully saturated rings. The van der Waals surface area contributed by atoms with Gasteiger partial charge in [0.25, 0.3) is 0 Å². The van der Waals surface area contributed by atoms with E-state index in [9.17, 15) is 0 Å². The fourth-order valence-electron chi connectivity index (χ4n) is 2.55. The maximum absolute atomic E-state index is 4.06. The normalized spacial score (nSPS) is 24.6. The predicted molar refractivity (Wildman–Crippen MR) is 76.2 cm³/mol. The molecule has 1 aromatic heterocycles. The largest absolute Gasteiger partial charge is 0.384 e. The first kappa shape index (κ1) is 12.9. The average Bonchev–Trinajstić information content (AvgIpc) is 2.34. The highest BCUT2D eigenvalue weighted by Gasteiger charge is 2.17. The monoisotopic (exact) mass is 296 g/mol. The number of nitrogens with zero attached hydrogens (tertiary/aromatic N) is 1. The summed E-state index contributed by atoms with van der Waals surface area (Å²) in [6, 6.07) is 2.02. The van der Waals surface area contributed by atoms with Crippen LogP contribution >= 0.6 is 15.9 Å². The predicted octanol–water partition coefficient (Wildman–Crippen LogP) is 4.47. The molecule has 0 spiro atoms. The number of hydrogen-bond acceptors (Lipinski definition) is 2. The molecule has 0 bridgehead atoms. The van der Waals surface area contributed by atoms with E-state index in [0.717, 1.165) is 28.5 Å². The van der Waals surface area contributed by atoms with E-state index < -0.39 is 0 Å². The highest BCUT2D eigenvalue weighted by molar-refractivity contribution is 9.10. The van der Waals surface area contributed by atoms with Gasteiger partial charge in [-0.1, -0.05) is 32.6 Å². The Morgan fingerprint density at radius 3 is 2.82 bits per heavy atom. The Balaban J connectivity index is 1.71. The molecule has 0 amide bonds. The summed E-state index contributed by atoms with van der Waals surface area (Å²) in [6.45, 7) is 3.45. The van der Waals surface area contributed by atoms with E-state index in [1.54, 1.807) is 0 Å². The molecule has 0 aliphatic heterocycles. The van der Waals surface area contributed by atoms with Crippen LogP contribution < -0.4 is 5.32 Å². The fraction of sp³-hybridized carbons (Fsp3) is 0.643. The smallest absolute Gasteiger partial charge is 0.0590 e. The second-order valence-electron chi connectivity index (χ2n) is 5.20. The van der Waals surface area contributed by atoms with Gasteiger partial charge < -0.3 is 5.32 Å². The van der Waals surface area contributed by atoms with Crippen molar-refractivity contribution in [2.45, 2.75) is 39.0 Å². The second-order valence-corrected chi connectivity index (χ2v) is 6.05. The molecule has 1 N–H and O–H groups in total. The minimum Gasteiger partial charge on any atom is -0.384 e. The first-order valence-electron chi connectivity index (χ1n) is 6.59. The van der Waals surface area contributed by atoms with Gasteiger partial charge in [-0.3, -0.25) is 4.98 Å². The lowest BCUT2D eigenvalue weighted by molar-refractivity contribution is 0.282. The van der Waals surface area contributed by atoms with Gasteiger partial charge in [0.2, 0.25) is 0 Å². The van der Waals surface area contributed by atoms with Crippen LogP contribution in [0, 0.1) is 11.8 Å². The van der Waals surface area contributed by atoms with Gasteiger partial charge in [-0.25, -0.2) is 0 Å². The highest BCUT2D eigenvalue weighted by atomic mass is 79.9. The van der Waals surface area contributed by atoms with Crippen LogP contribution in [-0.4, -0.2) is 11.5 Å². The molecule has 0 aromatic carbocycles. The van der Waals surface area contributed by atoms with Gasteiger partial charge in [0.05, 0.1) is 10.2 Å². The summed E-state index contributed by atoms with van der Waals surface area (Å²) in [7, 11) is 0. The van der Waals surface area contributed by atoms with Crippen LogP contribution in [0.25, 0.3) is 0 Å². The Kier molecular flexibility index (Phi) is 4.84. The van der Waals surface area contributed by atoms with Crippen LogP contribution in [-0.2, 0) is 0 Å². The third-order valence-corrected chi connectivity index (χ3v) is 4.41. The Morgan fingerprint density at radius 2 is 2.12 bits per heavy atom. The molecule has 1 aliphatic rings. The number of rotatable bonds is 4. The van der Waals surface area contributed by atoms with Gasteiger partial charge in [0.1, 0.15) is 0 Å². The molecule has 1 aliphatic carbocycles. The maximum Gasteiger partial charge on any atom is 0.0590 e. The van der Waals surface area contributed by atoms with Gasteiger partial charge in [-0.15, -0.1) is 0 Å². The second kappa shape index (κ2) is 6.39. The number of anilines is 1. The summed E-state index contributed by atoms with van der Waals surface area (Å²) < 4.78 is 1.05. The van der Waals surface area contributed by atoms with Gasteiger partial charge in [0.15, 0.2) is 0 Å². The first-order chi connectivity index (χ1) is 8.25. The summed E-state index contributed by atoms with van der Waals surface area (Å²) >= 11 is 3.51. The van der Waals surface area contributed by atoms with E-state index in [0.29, 0.717) is 0 Å². The Labute approximate surface area is 112 Å². The van der Waals surface area contributed by atoms with Crippen molar-refractivity contribution in [2.75, 3.05) is 11.9 Å². The van der Waals surface area contributed by atoms with Crippen molar-refractivity contribution in [3.8, 4) is 0 Å². The molecule has 2 nitrogen and oxygen atoms in total. The van der Waals surface area contributed by atoms with E-state index >= 15 is 0 Å². The number of nitrogens with one attached hydrogen (secondary N) is 1. The lowest BCUT2D eigenvalue weighted by atomic mass is 9.81. The zero-order chi connectivity index (χ0) is 12.1. The molecule has 2 rings (SSSR count). The Hall–Kier alpha value is -0.570. The minimum atomic E-state index is 0.930. The molecular formula is C14H21BrN2. The molecule has 0 radical (unpaired) electrons. The van der Waals surface area contributed by atoms with Crippen molar-refractivity contribution in [3.63, 3.8) is 0 Å². The number of aromatic nitrogens is 1. The van der Waals surface area contributed by atoms with Crippen molar-refractivity contribution >= 4 is 21.6 Å². The van der Waals surface area contributed by atoms with Crippen molar-refractivity contribution in [1.82, 2.24) is 4.98 Å². The molecule has 0 saturated heterocycles. The van der Waals surface area contributed by atoms with E-state index in [2.05, 4.69) is 33.2 Å². The molecule has 94 valence electrons. The molecule has 0 atom stereocenters. The lowest BCUT2D eigenvalue weighted by Crippen LogP contribution is -2.15. The van der Waals surface area contributed by atoms with Crippen LogP contribution in [0.15, 0.2) is 22.9 Å². The fourth-order valence-corrected chi connectivity index (χ4v) is 2.94. The van der Waals surface area contributed by atoms with Crippen LogP contribution in [0.5, 0.6) is 0 Å². The van der Waals surface area contributed by atoms with Crippen molar-refractivity contribution in [1.29, 1.82) is 0 Å². The van der Waals surface area contributed by atoms with Crippen molar-refractivity contribution < 1.29 is 0 Å². The zero-order valence-corrected chi connectivity index (χ0v) is 12.0. The van der Waals surface area contributed by atoms with E-state index in [1.165, 1.54) is 32.1 Å². The Morgan fingerprint density at radius 1 is 1.35 bits per heavy atom. The van der Waals surface area contributed by atoms with Crippen LogP contribution in [0.4, 0.5) is 5.69 Å². The third kappa shape index (κ3) is 3.98. The van der Waals surface area contributed by atoms with Crippen molar-refractivity contribution in [2.24, 2.45) is 11.8 Å². The lowest BCUT2D eigenvalue weighted by Gasteiger charge is -2.26. The molecule has 1 heterocycles. The van der Waals surface area contributed by atoms with Crippen LogP contribution in [0.1, 0.15) is 39.0 Å². The summed E-state index contributed by atoms with van der Waals surface area (Å²) in [6.07, 6.45) is 10.6. The van der Waals surface area contributed by atoms with Crippen LogP contribution in [0.3, 0.4) is 0 Å². The van der Waals surface area contributed by atoms with Gasteiger partial charge in [-0.2, -0.15) is 0 Å². The molecule has 0 unspecified atom stereocenters. The third-order valence-electron chi connectivity index (χ3n) is 3.78. The quantitative estimate of drug-likeness (QED) is 0.886. The van der Waals surface area contributed by atoms with Gasteiger partial charge in [0, 0.05) is 18.9 Å². The summed E-state index contributed by atoms with van der Waals surface area (Å²) in [5.74, 6) is 1.88. The molecule has 1 aromatic rings. The van der Waals surface area contributed by atoms with Crippen LogP contribution in [0.2, 0.25) is 0 Å². The summed E-state index contributed by atoms with van der Waals surface area (Å²) in [4.78, 5) is 4.06.